The van der Waals surface area contributed by atoms with Gasteiger partial charge in [0.2, 0.25) is 0 Å². The van der Waals surface area contributed by atoms with Crippen LogP contribution in [0.1, 0.15) is 13.8 Å². The molecule has 1 saturated heterocycles. The van der Waals surface area contributed by atoms with Gasteiger partial charge in [0.25, 0.3) is 0 Å². The lowest BCUT2D eigenvalue weighted by molar-refractivity contribution is 0.229. The minimum Gasteiger partial charge on any atom is -0.416 e. The van der Waals surface area contributed by atoms with E-state index in [4.69, 9.17) is 28.1 Å². The highest BCUT2D eigenvalue weighted by Gasteiger charge is 2.55. The van der Waals surface area contributed by atoms with Gasteiger partial charge in [0.15, 0.2) is 0 Å². The van der Waals surface area contributed by atoms with Crippen molar-refractivity contribution in [1.82, 2.24) is 0 Å². The van der Waals surface area contributed by atoms with Crippen molar-refractivity contribution in [3.8, 4) is 0 Å². The highest BCUT2D eigenvalue weighted by atomic mass is 35.5. The number of hydrogen-bond acceptors (Lipinski definition) is 4. The fraction of sp³-hybridized carbons (Fsp3) is 1.00. The van der Waals surface area contributed by atoms with Crippen LogP contribution in [-0.4, -0.2) is 39.2 Å². The first-order chi connectivity index (χ1) is 8.68. The van der Waals surface area contributed by atoms with Crippen molar-refractivity contribution in [2.75, 3.05) is 0 Å². The number of alkyl halides is 1. The van der Waals surface area contributed by atoms with Gasteiger partial charge < -0.3 is 16.5 Å². The lowest BCUT2D eigenvalue weighted by Gasteiger charge is -2.49. The van der Waals surface area contributed by atoms with Crippen molar-refractivity contribution in [2.45, 2.75) is 64.7 Å². The zero-order chi connectivity index (χ0) is 16.0. The molecule has 0 N–H and O–H groups in total. The second-order valence-corrected chi connectivity index (χ2v) is 22.4. The first kappa shape index (κ1) is 19.0. The molecule has 1 rings (SSSR count). The van der Waals surface area contributed by atoms with E-state index in [9.17, 15) is 0 Å². The molecule has 0 aromatic rings. The largest absolute Gasteiger partial charge is 0.416 e. The van der Waals surface area contributed by atoms with E-state index in [1.165, 1.54) is 0 Å². The van der Waals surface area contributed by atoms with Gasteiger partial charge in [-0.25, -0.2) is 0 Å². The van der Waals surface area contributed by atoms with Gasteiger partial charge in [-0.15, -0.1) is 11.6 Å². The van der Waals surface area contributed by atoms with E-state index in [1.54, 1.807) is 0 Å². The summed E-state index contributed by atoms with van der Waals surface area (Å²) < 4.78 is 25.5. The van der Waals surface area contributed by atoms with Gasteiger partial charge in [-0.3, -0.25) is 0 Å². The maximum absolute atomic E-state index is 6.64. The second-order valence-electron chi connectivity index (χ2n) is 7.27. The van der Waals surface area contributed by atoms with Crippen molar-refractivity contribution < 1.29 is 16.5 Å². The van der Waals surface area contributed by atoms with Gasteiger partial charge in [-0.05, 0) is 51.7 Å². The van der Waals surface area contributed by atoms with E-state index in [2.05, 4.69) is 59.7 Å². The van der Waals surface area contributed by atoms with E-state index in [0.29, 0.717) is 5.92 Å². The van der Waals surface area contributed by atoms with Crippen molar-refractivity contribution in [1.29, 1.82) is 0 Å². The molecule has 4 nitrogen and oxygen atoms in total. The van der Waals surface area contributed by atoms with E-state index >= 15 is 0 Å². The third-order valence-electron chi connectivity index (χ3n) is 2.97. The van der Waals surface area contributed by atoms with Gasteiger partial charge >= 0.3 is 34.2 Å². The fourth-order valence-electron chi connectivity index (χ4n) is 2.96. The predicted molar refractivity (Wildman–Crippen MR) is 92.9 cm³/mol. The minimum atomic E-state index is -2.56. The van der Waals surface area contributed by atoms with Crippen LogP contribution in [-0.2, 0) is 16.5 Å². The van der Waals surface area contributed by atoms with Crippen LogP contribution in [0.2, 0.25) is 45.8 Å². The average molecular weight is 373 g/mol. The minimum absolute atomic E-state index is 0.115. The Morgan fingerprint density at radius 1 is 0.650 bits per heavy atom. The first-order valence-corrected chi connectivity index (χ1v) is 18.4. The molecule has 1 aliphatic rings. The lowest BCUT2D eigenvalue weighted by Crippen LogP contribution is -2.68. The van der Waals surface area contributed by atoms with Crippen molar-refractivity contribution in [2.24, 2.45) is 5.92 Å². The average Bonchev–Trinajstić information content (AvgIpc) is 2.07. The van der Waals surface area contributed by atoms with Gasteiger partial charge in [0, 0.05) is 0 Å². The normalized spacial score (nSPS) is 29.6. The lowest BCUT2D eigenvalue weighted by atomic mass is 10.3. The SMILES string of the molecule is CC(C)C(Cl)[Si]1(C)O[Si](C)(C)O[Si](C)(C)O[Si](C)(C)O1. The molecule has 0 aliphatic carbocycles. The highest BCUT2D eigenvalue weighted by Crippen LogP contribution is 2.35. The summed E-state index contributed by atoms with van der Waals surface area (Å²) in [6, 6.07) is 0. The third-order valence-corrected chi connectivity index (χ3v) is 21.4. The summed E-state index contributed by atoms with van der Waals surface area (Å²) in [5.41, 5.74) is 0. The van der Waals surface area contributed by atoms with Gasteiger partial charge in [0.05, 0.1) is 5.00 Å². The van der Waals surface area contributed by atoms with Gasteiger partial charge in [-0.2, -0.15) is 0 Å². The summed E-state index contributed by atoms with van der Waals surface area (Å²) in [7, 11) is -9.38. The van der Waals surface area contributed by atoms with Crippen LogP contribution in [0, 0.1) is 5.92 Å². The molecule has 1 aliphatic heterocycles. The molecular weight excluding hydrogens is 344 g/mol. The summed E-state index contributed by atoms with van der Waals surface area (Å²) in [6.45, 7) is 18.6. The van der Waals surface area contributed by atoms with Gasteiger partial charge in [-0.1, -0.05) is 13.8 Å². The smallest absolute Gasteiger partial charge is 0.336 e. The Kier molecular flexibility index (Phi) is 5.61. The quantitative estimate of drug-likeness (QED) is 0.541. The molecule has 1 atom stereocenters. The number of hydrogen-bond donors (Lipinski definition) is 0. The third kappa shape index (κ3) is 5.02. The topological polar surface area (TPSA) is 36.9 Å². The van der Waals surface area contributed by atoms with Crippen molar-refractivity contribution in [3.63, 3.8) is 0 Å². The predicted octanol–water partition coefficient (Wildman–Crippen LogP) is 4.05. The zero-order valence-electron chi connectivity index (χ0n) is 14.2. The fourth-order valence-corrected chi connectivity index (χ4v) is 25.3. The van der Waals surface area contributed by atoms with Gasteiger partial charge in [0.1, 0.15) is 0 Å². The van der Waals surface area contributed by atoms with Crippen LogP contribution in [0.5, 0.6) is 0 Å². The monoisotopic (exact) mass is 372 g/mol. The molecule has 1 heterocycles. The molecule has 0 aromatic carbocycles. The summed E-state index contributed by atoms with van der Waals surface area (Å²) in [5, 5.41) is -0.115. The molecule has 9 heteroatoms. The number of rotatable bonds is 2. The summed E-state index contributed by atoms with van der Waals surface area (Å²) in [5.74, 6) is 0.299. The Balaban J connectivity index is 3.15. The zero-order valence-corrected chi connectivity index (χ0v) is 18.9. The first-order valence-electron chi connectivity index (χ1n) is 7.13. The Morgan fingerprint density at radius 3 is 1.25 bits per heavy atom. The van der Waals surface area contributed by atoms with Crippen LogP contribution in [0.4, 0.5) is 0 Å². The summed E-state index contributed by atoms with van der Waals surface area (Å²) >= 11 is 6.64. The Morgan fingerprint density at radius 2 is 0.950 bits per heavy atom. The van der Waals surface area contributed by atoms with E-state index in [1.807, 2.05) is 0 Å². The molecule has 1 fully saturated rings. The molecular formula is C11H29ClO4Si4. The van der Waals surface area contributed by atoms with Crippen LogP contribution < -0.4 is 0 Å². The molecule has 0 amide bonds. The van der Waals surface area contributed by atoms with Crippen molar-refractivity contribution >= 4 is 45.8 Å². The summed E-state index contributed by atoms with van der Waals surface area (Å²) in [4.78, 5) is 0. The molecule has 0 aromatic heterocycles. The highest BCUT2D eigenvalue weighted by molar-refractivity contribution is 6.95. The van der Waals surface area contributed by atoms with Crippen LogP contribution in [0.15, 0.2) is 0 Å². The molecule has 0 spiro atoms. The molecule has 1 unspecified atom stereocenters. The number of halogens is 1. The molecule has 0 saturated carbocycles. The summed E-state index contributed by atoms with van der Waals surface area (Å²) in [6.07, 6.45) is 0. The Labute approximate surface area is 133 Å². The molecule has 0 bridgehead atoms. The maximum Gasteiger partial charge on any atom is 0.336 e. The Hall–Kier alpha value is 0.998. The van der Waals surface area contributed by atoms with E-state index in [-0.39, 0.29) is 5.00 Å². The Bertz CT molecular complexity index is 340. The standard InChI is InChI=1S/C11H29ClO4Si4/c1-10(2)11(12)20(9)15-18(5,6)13-17(3,4)14-19(7,8)16-20/h10-11H,1-9H3. The maximum atomic E-state index is 6.64. The molecule has 120 valence electrons. The van der Waals surface area contributed by atoms with E-state index < -0.39 is 34.2 Å². The van der Waals surface area contributed by atoms with Crippen LogP contribution in [0.25, 0.3) is 0 Å². The van der Waals surface area contributed by atoms with Crippen LogP contribution >= 0.6 is 11.6 Å². The van der Waals surface area contributed by atoms with Crippen molar-refractivity contribution in [3.05, 3.63) is 0 Å². The van der Waals surface area contributed by atoms with E-state index in [0.717, 1.165) is 0 Å². The molecule has 0 radical (unpaired) electrons. The van der Waals surface area contributed by atoms with Crippen LogP contribution in [0.3, 0.4) is 0 Å². The molecule has 20 heavy (non-hydrogen) atoms. The second kappa shape index (κ2) is 5.89.